The van der Waals surface area contributed by atoms with Crippen LogP contribution < -0.4 is 5.32 Å². The summed E-state index contributed by atoms with van der Waals surface area (Å²) in [5.74, 6) is 1.00. The number of rotatable bonds is 5. The third-order valence-corrected chi connectivity index (χ3v) is 5.78. The molecule has 0 fully saturated rings. The molecule has 1 aliphatic heterocycles. The van der Waals surface area contributed by atoms with Crippen LogP contribution in [0.4, 0.5) is 0 Å². The zero-order chi connectivity index (χ0) is 16.1. The Morgan fingerprint density at radius 3 is 2.65 bits per heavy atom. The van der Waals surface area contributed by atoms with E-state index in [2.05, 4.69) is 48.6 Å². The fraction of sp³-hybridized carbons (Fsp3) is 0.400. The number of hydrogen-bond acceptors (Lipinski definition) is 3. The minimum atomic E-state index is 0.687. The first-order valence-electron chi connectivity index (χ1n) is 8.30. The molecule has 23 heavy (non-hydrogen) atoms. The van der Waals surface area contributed by atoms with Crippen LogP contribution in [0.5, 0.6) is 0 Å². The molecule has 0 aromatic heterocycles. The van der Waals surface area contributed by atoms with Crippen molar-refractivity contribution in [2.45, 2.75) is 37.0 Å². The van der Waals surface area contributed by atoms with Crippen LogP contribution in [0.25, 0.3) is 0 Å². The van der Waals surface area contributed by atoms with Gasteiger partial charge in [0, 0.05) is 17.8 Å². The molecule has 3 heteroatoms. The Balaban J connectivity index is 1.83. The standard InChI is InChI=1S/C20H25NOS/c1-15-7-8-16-9-11-21-12-10-19(16)20(15)23-14-18-6-4-3-5-17(18)13-22-2/h3-8,21H,9-14H2,1-2H3. The maximum absolute atomic E-state index is 5.33. The number of aryl methyl sites for hydroxylation is 1. The number of benzene rings is 2. The van der Waals surface area contributed by atoms with E-state index in [0.717, 1.165) is 31.7 Å². The quantitative estimate of drug-likeness (QED) is 0.835. The average molecular weight is 327 g/mol. The van der Waals surface area contributed by atoms with Gasteiger partial charge in [-0.05, 0) is 60.7 Å². The van der Waals surface area contributed by atoms with E-state index in [1.807, 2.05) is 11.8 Å². The molecule has 2 nitrogen and oxygen atoms in total. The van der Waals surface area contributed by atoms with E-state index in [4.69, 9.17) is 4.74 Å². The molecule has 3 rings (SSSR count). The van der Waals surface area contributed by atoms with Crippen LogP contribution in [0.15, 0.2) is 41.3 Å². The molecular formula is C20H25NOS. The topological polar surface area (TPSA) is 21.3 Å². The fourth-order valence-electron chi connectivity index (χ4n) is 3.20. The van der Waals surface area contributed by atoms with Gasteiger partial charge in [-0.3, -0.25) is 0 Å². The van der Waals surface area contributed by atoms with Crippen molar-refractivity contribution in [1.82, 2.24) is 5.32 Å². The van der Waals surface area contributed by atoms with E-state index >= 15 is 0 Å². The van der Waals surface area contributed by atoms with Crippen molar-refractivity contribution in [2.75, 3.05) is 20.2 Å². The monoisotopic (exact) mass is 327 g/mol. The van der Waals surface area contributed by atoms with Crippen molar-refractivity contribution >= 4 is 11.8 Å². The van der Waals surface area contributed by atoms with Crippen LogP contribution in [0.3, 0.4) is 0 Å². The normalized spacial score (nSPS) is 14.3. The van der Waals surface area contributed by atoms with E-state index in [0.29, 0.717) is 6.61 Å². The van der Waals surface area contributed by atoms with Crippen LogP contribution in [0, 0.1) is 6.92 Å². The second kappa shape index (κ2) is 8.00. The van der Waals surface area contributed by atoms with E-state index in [1.54, 1.807) is 12.7 Å². The number of hydrogen-bond donors (Lipinski definition) is 1. The Kier molecular flexibility index (Phi) is 5.76. The molecule has 2 aromatic rings. The van der Waals surface area contributed by atoms with Gasteiger partial charge in [0.2, 0.25) is 0 Å². The third-order valence-electron chi connectivity index (χ3n) is 4.47. The van der Waals surface area contributed by atoms with E-state index in [-0.39, 0.29) is 0 Å². The van der Waals surface area contributed by atoms with Gasteiger partial charge in [-0.2, -0.15) is 0 Å². The molecule has 0 atom stereocenters. The lowest BCUT2D eigenvalue weighted by molar-refractivity contribution is 0.184. The largest absolute Gasteiger partial charge is 0.380 e. The summed E-state index contributed by atoms with van der Waals surface area (Å²) in [5, 5.41) is 3.51. The van der Waals surface area contributed by atoms with E-state index in [1.165, 1.54) is 27.1 Å². The van der Waals surface area contributed by atoms with Crippen molar-refractivity contribution < 1.29 is 4.74 Å². The maximum Gasteiger partial charge on any atom is 0.0716 e. The number of thioether (sulfide) groups is 1. The molecule has 0 aliphatic carbocycles. The van der Waals surface area contributed by atoms with Crippen molar-refractivity contribution in [1.29, 1.82) is 0 Å². The molecule has 0 saturated carbocycles. The zero-order valence-electron chi connectivity index (χ0n) is 14.0. The van der Waals surface area contributed by atoms with Crippen molar-refractivity contribution in [3.05, 3.63) is 64.2 Å². The molecule has 2 aromatic carbocycles. The summed E-state index contributed by atoms with van der Waals surface area (Å²) < 4.78 is 5.33. The molecule has 0 amide bonds. The Morgan fingerprint density at radius 1 is 1.04 bits per heavy atom. The molecule has 0 radical (unpaired) electrons. The fourth-order valence-corrected chi connectivity index (χ4v) is 4.49. The lowest BCUT2D eigenvalue weighted by atomic mass is 10.0. The predicted octanol–water partition coefficient (Wildman–Crippen LogP) is 4.12. The summed E-state index contributed by atoms with van der Waals surface area (Å²) in [5.41, 5.74) is 7.16. The molecule has 1 N–H and O–H groups in total. The summed E-state index contributed by atoms with van der Waals surface area (Å²) in [6, 6.07) is 13.2. The molecule has 0 spiro atoms. The summed E-state index contributed by atoms with van der Waals surface area (Å²) in [6.45, 7) is 5.11. The van der Waals surface area contributed by atoms with Gasteiger partial charge in [-0.15, -0.1) is 11.8 Å². The van der Waals surface area contributed by atoms with Crippen molar-refractivity contribution in [2.24, 2.45) is 0 Å². The molecule has 122 valence electrons. The summed E-state index contributed by atoms with van der Waals surface area (Å²) in [7, 11) is 1.76. The SMILES string of the molecule is COCc1ccccc1CSc1c(C)ccc2c1CCNCC2. The van der Waals surface area contributed by atoms with Gasteiger partial charge in [0.25, 0.3) is 0 Å². The first kappa shape index (κ1) is 16.6. The van der Waals surface area contributed by atoms with Gasteiger partial charge in [0.05, 0.1) is 6.61 Å². The Morgan fingerprint density at radius 2 is 1.83 bits per heavy atom. The van der Waals surface area contributed by atoms with E-state index in [9.17, 15) is 0 Å². The lowest BCUT2D eigenvalue weighted by Crippen LogP contribution is -2.16. The van der Waals surface area contributed by atoms with Gasteiger partial charge in [-0.25, -0.2) is 0 Å². The second-order valence-corrected chi connectivity index (χ2v) is 7.08. The smallest absolute Gasteiger partial charge is 0.0716 e. The second-order valence-electron chi connectivity index (χ2n) is 6.09. The number of ether oxygens (including phenoxy) is 1. The molecule has 0 saturated heterocycles. The number of fused-ring (bicyclic) bond motifs is 1. The average Bonchev–Trinajstić information content (AvgIpc) is 2.81. The lowest BCUT2D eigenvalue weighted by Gasteiger charge is -2.16. The number of methoxy groups -OCH3 is 1. The summed E-state index contributed by atoms with van der Waals surface area (Å²) in [4.78, 5) is 1.48. The summed E-state index contributed by atoms with van der Waals surface area (Å²) in [6.07, 6.45) is 2.28. The highest BCUT2D eigenvalue weighted by molar-refractivity contribution is 7.98. The predicted molar refractivity (Wildman–Crippen MR) is 98.2 cm³/mol. The minimum Gasteiger partial charge on any atom is -0.380 e. The Bertz CT molecular complexity index is 669. The van der Waals surface area contributed by atoms with E-state index < -0.39 is 0 Å². The van der Waals surface area contributed by atoms with Gasteiger partial charge >= 0.3 is 0 Å². The van der Waals surface area contributed by atoms with Crippen LogP contribution in [0.1, 0.15) is 27.8 Å². The minimum absolute atomic E-state index is 0.687. The van der Waals surface area contributed by atoms with Gasteiger partial charge < -0.3 is 10.1 Å². The molecule has 1 aliphatic rings. The van der Waals surface area contributed by atoms with Crippen LogP contribution in [-0.4, -0.2) is 20.2 Å². The third kappa shape index (κ3) is 3.97. The molecule has 0 bridgehead atoms. The van der Waals surface area contributed by atoms with Crippen molar-refractivity contribution in [3.8, 4) is 0 Å². The van der Waals surface area contributed by atoms with Gasteiger partial charge in [0.15, 0.2) is 0 Å². The first-order valence-corrected chi connectivity index (χ1v) is 9.28. The van der Waals surface area contributed by atoms with Crippen LogP contribution in [-0.2, 0) is 29.9 Å². The maximum atomic E-state index is 5.33. The van der Waals surface area contributed by atoms with Crippen LogP contribution >= 0.6 is 11.8 Å². The number of nitrogens with one attached hydrogen (secondary N) is 1. The summed E-state index contributed by atoms with van der Waals surface area (Å²) >= 11 is 1.98. The van der Waals surface area contributed by atoms with Crippen LogP contribution in [0.2, 0.25) is 0 Å². The Hall–Kier alpha value is -1.29. The molecule has 0 unspecified atom stereocenters. The van der Waals surface area contributed by atoms with Gasteiger partial charge in [0.1, 0.15) is 0 Å². The highest BCUT2D eigenvalue weighted by Crippen LogP contribution is 2.33. The Labute approximate surface area is 143 Å². The zero-order valence-corrected chi connectivity index (χ0v) is 14.8. The molecule has 1 heterocycles. The van der Waals surface area contributed by atoms with Gasteiger partial charge in [-0.1, -0.05) is 36.4 Å². The molecular weight excluding hydrogens is 302 g/mol. The van der Waals surface area contributed by atoms with Crippen molar-refractivity contribution in [3.63, 3.8) is 0 Å². The highest BCUT2D eigenvalue weighted by Gasteiger charge is 2.14. The first-order chi connectivity index (χ1) is 11.3. The highest BCUT2D eigenvalue weighted by atomic mass is 32.2.